The van der Waals surface area contributed by atoms with Crippen LogP contribution in [0.15, 0.2) is 89.8 Å². The summed E-state index contributed by atoms with van der Waals surface area (Å²) in [7, 11) is 0.0881. The smallest absolute Gasteiger partial charge is 0.283 e. The number of fused-ring (bicyclic) bond motifs is 1. The Morgan fingerprint density at radius 1 is 0.914 bits per heavy atom. The Labute approximate surface area is 206 Å². The van der Waals surface area contributed by atoms with Gasteiger partial charge in [0.15, 0.2) is 5.82 Å². The molecule has 0 bridgehead atoms. The SMILES string of the molecule is Cc1ccc(S(=O)(=O)n2nc(N)c3c2CC(c2ccccc2)(c2ccc(N(C)C)cc2)C=C3)cc1. The zero-order valence-electron chi connectivity index (χ0n) is 20.0. The third kappa shape index (κ3) is 3.82. The Kier molecular flexibility index (Phi) is 5.52. The van der Waals surface area contributed by atoms with Gasteiger partial charge < -0.3 is 10.6 Å². The van der Waals surface area contributed by atoms with E-state index in [4.69, 9.17) is 5.73 Å². The van der Waals surface area contributed by atoms with Gasteiger partial charge in [0.25, 0.3) is 10.0 Å². The number of nitrogen functional groups attached to an aromatic ring is 1. The molecule has 1 heterocycles. The molecule has 1 aromatic heterocycles. The predicted octanol–water partition coefficient (Wildman–Crippen LogP) is 4.63. The highest BCUT2D eigenvalue weighted by atomic mass is 32.2. The average Bonchev–Trinajstić information content (AvgIpc) is 3.21. The van der Waals surface area contributed by atoms with Crippen LogP contribution in [0, 0.1) is 6.92 Å². The van der Waals surface area contributed by atoms with Crippen molar-refractivity contribution in [1.82, 2.24) is 9.19 Å². The van der Waals surface area contributed by atoms with Crippen LogP contribution in [0.25, 0.3) is 6.08 Å². The molecule has 0 saturated carbocycles. The van der Waals surface area contributed by atoms with Crippen LogP contribution in [0.5, 0.6) is 0 Å². The van der Waals surface area contributed by atoms with E-state index in [1.54, 1.807) is 24.3 Å². The van der Waals surface area contributed by atoms with Gasteiger partial charge in [0.05, 0.1) is 10.6 Å². The van der Waals surface area contributed by atoms with Gasteiger partial charge in [-0.2, -0.15) is 12.5 Å². The highest BCUT2D eigenvalue weighted by Gasteiger charge is 2.39. The lowest BCUT2D eigenvalue weighted by atomic mass is 9.68. The molecule has 1 aliphatic rings. The molecule has 2 N–H and O–H groups in total. The van der Waals surface area contributed by atoms with Crippen molar-refractivity contribution in [2.75, 3.05) is 24.7 Å². The number of hydrogen-bond donors (Lipinski definition) is 1. The van der Waals surface area contributed by atoms with E-state index in [-0.39, 0.29) is 10.7 Å². The van der Waals surface area contributed by atoms with E-state index in [0.29, 0.717) is 17.7 Å². The fourth-order valence-corrected chi connectivity index (χ4v) is 6.05. The van der Waals surface area contributed by atoms with Gasteiger partial charge in [-0.25, -0.2) is 0 Å². The Balaban J connectivity index is 1.69. The number of allylic oxidation sites excluding steroid dienone is 1. The van der Waals surface area contributed by atoms with Gasteiger partial charge in [-0.05, 0) is 42.3 Å². The number of nitrogens with zero attached hydrogens (tertiary/aromatic N) is 3. The summed E-state index contributed by atoms with van der Waals surface area (Å²) in [5, 5.41) is 4.30. The van der Waals surface area contributed by atoms with Crippen molar-refractivity contribution >= 4 is 27.6 Å². The maximum atomic E-state index is 13.6. The third-order valence-electron chi connectivity index (χ3n) is 6.73. The first-order chi connectivity index (χ1) is 16.7. The summed E-state index contributed by atoms with van der Waals surface area (Å²) < 4.78 is 28.4. The Hall–Kier alpha value is -3.84. The van der Waals surface area contributed by atoms with Crippen LogP contribution < -0.4 is 10.6 Å². The molecule has 0 spiro atoms. The fourth-order valence-electron chi connectivity index (χ4n) is 4.72. The topological polar surface area (TPSA) is 81.2 Å². The summed E-state index contributed by atoms with van der Waals surface area (Å²) in [6, 6.07) is 25.3. The molecule has 5 rings (SSSR count). The summed E-state index contributed by atoms with van der Waals surface area (Å²) in [5.74, 6) is 0.205. The number of hydrogen-bond acceptors (Lipinski definition) is 5. The van der Waals surface area contributed by atoms with Crippen LogP contribution >= 0.6 is 0 Å². The molecule has 0 saturated heterocycles. The summed E-state index contributed by atoms with van der Waals surface area (Å²) in [6.07, 6.45) is 4.44. The van der Waals surface area contributed by atoms with Crippen LogP contribution in [0.3, 0.4) is 0 Å². The molecule has 3 aromatic carbocycles. The first-order valence-electron chi connectivity index (χ1n) is 11.4. The molecule has 6 nitrogen and oxygen atoms in total. The molecule has 4 aromatic rings. The molecule has 1 aliphatic carbocycles. The standard InChI is InChI=1S/C28H28N4O2S/c1-20-9-15-24(16-10-20)35(33,34)32-26-19-28(21-7-5-4-6-8-21,18-17-25(26)27(29)30-32)22-11-13-23(14-12-22)31(2)3/h4-18H,19H2,1-3H3,(H2,29,30). The van der Waals surface area contributed by atoms with Gasteiger partial charge in [-0.15, -0.1) is 5.10 Å². The summed E-state index contributed by atoms with van der Waals surface area (Å²) in [6.45, 7) is 1.92. The van der Waals surface area contributed by atoms with Crippen molar-refractivity contribution in [3.05, 3.63) is 113 Å². The van der Waals surface area contributed by atoms with E-state index in [1.165, 1.54) is 0 Å². The van der Waals surface area contributed by atoms with Gasteiger partial charge in [-0.1, -0.05) is 72.3 Å². The van der Waals surface area contributed by atoms with Crippen molar-refractivity contribution < 1.29 is 8.42 Å². The van der Waals surface area contributed by atoms with Crippen molar-refractivity contribution in [3.63, 3.8) is 0 Å². The fraction of sp³-hybridized carbons (Fsp3) is 0.179. The minimum absolute atomic E-state index is 0.184. The molecule has 0 aliphatic heterocycles. The number of benzene rings is 3. The number of rotatable bonds is 5. The zero-order valence-corrected chi connectivity index (χ0v) is 20.8. The molecule has 0 amide bonds. The molecule has 7 heteroatoms. The first-order valence-corrected chi connectivity index (χ1v) is 12.9. The lowest BCUT2D eigenvalue weighted by Crippen LogP contribution is -2.32. The third-order valence-corrected chi connectivity index (χ3v) is 8.36. The van der Waals surface area contributed by atoms with Gasteiger partial charge in [-0.3, -0.25) is 0 Å². The first kappa shape index (κ1) is 22.9. The van der Waals surface area contributed by atoms with E-state index in [1.807, 2.05) is 45.3 Å². The minimum atomic E-state index is -3.92. The number of anilines is 2. The maximum absolute atomic E-state index is 13.6. The van der Waals surface area contributed by atoms with Crippen LogP contribution in [0.2, 0.25) is 0 Å². The number of aromatic nitrogens is 2. The van der Waals surface area contributed by atoms with E-state index in [0.717, 1.165) is 26.5 Å². The Morgan fingerprint density at radius 2 is 1.54 bits per heavy atom. The van der Waals surface area contributed by atoms with Crippen molar-refractivity contribution in [1.29, 1.82) is 0 Å². The second-order valence-corrected chi connectivity index (χ2v) is 11.0. The van der Waals surface area contributed by atoms with Crippen molar-refractivity contribution in [2.24, 2.45) is 0 Å². The van der Waals surface area contributed by atoms with Gasteiger partial charge in [0.2, 0.25) is 0 Å². The summed E-state index contributed by atoms with van der Waals surface area (Å²) in [5.41, 5.74) is 11.1. The van der Waals surface area contributed by atoms with Crippen LogP contribution in [-0.2, 0) is 21.9 Å². The molecule has 0 fully saturated rings. The maximum Gasteiger partial charge on any atom is 0.283 e. The van der Waals surface area contributed by atoms with Crippen molar-refractivity contribution in [2.45, 2.75) is 23.7 Å². The zero-order chi connectivity index (χ0) is 24.8. The molecular weight excluding hydrogens is 456 g/mol. The second-order valence-electron chi connectivity index (χ2n) is 9.20. The summed E-state index contributed by atoms with van der Waals surface area (Å²) >= 11 is 0. The molecule has 35 heavy (non-hydrogen) atoms. The van der Waals surface area contributed by atoms with Gasteiger partial charge in [0, 0.05) is 37.2 Å². The normalized spacial score (nSPS) is 17.2. The largest absolute Gasteiger partial charge is 0.382 e. The molecule has 1 atom stereocenters. The van der Waals surface area contributed by atoms with Crippen LogP contribution in [0.4, 0.5) is 11.5 Å². The highest BCUT2D eigenvalue weighted by molar-refractivity contribution is 7.89. The molecule has 1 unspecified atom stereocenters. The van der Waals surface area contributed by atoms with E-state index >= 15 is 0 Å². The van der Waals surface area contributed by atoms with Crippen LogP contribution in [0.1, 0.15) is 27.9 Å². The monoisotopic (exact) mass is 484 g/mol. The second kappa shape index (κ2) is 8.43. The quantitative estimate of drug-likeness (QED) is 0.447. The lowest BCUT2D eigenvalue weighted by molar-refractivity contribution is 0.565. The van der Waals surface area contributed by atoms with E-state index in [2.05, 4.69) is 52.5 Å². The van der Waals surface area contributed by atoms with Gasteiger partial charge >= 0.3 is 0 Å². The Bertz CT molecular complexity index is 1500. The number of aryl methyl sites for hydroxylation is 1. The highest BCUT2D eigenvalue weighted by Crippen LogP contribution is 2.43. The molecule has 0 radical (unpaired) electrons. The summed E-state index contributed by atoms with van der Waals surface area (Å²) in [4.78, 5) is 2.24. The van der Waals surface area contributed by atoms with E-state index < -0.39 is 15.4 Å². The molecular formula is C28H28N4O2S. The minimum Gasteiger partial charge on any atom is -0.382 e. The molecule has 178 valence electrons. The van der Waals surface area contributed by atoms with E-state index in [9.17, 15) is 8.42 Å². The number of nitrogens with two attached hydrogens (primary N) is 1. The average molecular weight is 485 g/mol. The lowest BCUT2D eigenvalue weighted by Gasteiger charge is -2.35. The predicted molar refractivity (Wildman–Crippen MR) is 141 cm³/mol. The van der Waals surface area contributed by atoms with Crippen LogP contribution in [-0.4, -0.2) is 31.7 Å². The van der Waals surface area contributed by atoms with Crippen molar-refractivity contribution in [3.8, 4) is 0 Å². The Morgan fingerprint density at radius 3 is 2.17 bits per heavy atom. The van der Waals surface area contributed by atoms with Gasteiger partial charge in [0.1, 0.15) is 0 Å².